The van der Waals surface area contributed by atoms with Crippen molar-refractivity contribution in [2.24, 2.45) is 17.6 Å². The molecule has 0 bridgehead atoms. The maximum atomic E-state index is 5.87. The molecular weight excluding hydrogens is 162 g/mol. The molecule has 2 N–H and O–H groups in total. The maximum Gasteiger partial charge on any atom is 0.0720 e. The molecule has 0 aromatic carbocycles. The molecular formula is C11H17NO. The van der Waals surface area contributed by atoms with Gasteiger partial charge in [-0.25, -0.2) is 0 Å². The van der Waals surface area contributed by atoms with E-state index in [2.05, 4.69) is 18.8 Å². The topological polar surface area (TPSA) is 35.2 Å². The van der Waals surface area contributed by atoms with Crippen molar-refractivity contribution >= 4 is 0 Å². The first-order valence-electron chi connectivity index (χ1n) is 4.66. The molecule has 0 amide bonds. The van der Waals surface area contributed by atoms with Gasteiger partial charge in [0.15, 0.2) is 0 Å². The van der Waals surface area contributed by atoms with Crippen molar-refractivity contribution in [1.82, 2.24) is 0 Å². The van der Waals surface area contributed by atoms with Gasteiger partial charge in [-0.1, -0.05) is 12.8 Å². The molecule has 1 aliphatic rings. The molecule has 0 saturated heterocycles. The molecule has 0 aromatic rings. The molecule has 1 heterocycles. The first kappa shape index (κ1) is 10.1. The fraction of sp³-hybridized carbons (Fsp3) is 0.636. The quantitative estimate of drug-likeness (QED) is 0.572. The van der Waals surface area contributed by atoms with E-state index in [4.69, 9.17) is 10.5 Å². The van der Waals surface area contributed by atoms with Gasteiger partial charge in [0.1, 0.15) is 0 Å². The highest BCUT2D eigenvalue weighted by Gasteiger charge is 2.20. The van der Waals surface area contributed by atoms with Gasteiger partial charge in [-0.2, -0.15) is 0 Å². The van der Waals surface area contributed by atoms with Crippen LogP contribution in [-0.4, -0.2) is 12.7 Å². The molecule has 72 valence electrons. The SMILES string of the molecule is CC#CC1C=C(N)[C@H](C)COC1C. The van der Waals surface area contributed by atoms with Gasteiger partial charge in [0.05, 0.1) is 18.6 Å². The monoisotopic (exact) mass is 179 g/mol. The standard InChI is InChI=1S/C11H17NO/c1-4-5-10-6-11(12)8(2)7-13-9(10)3/h6,8-10H,7,12H2,1-3H3/t8-,9?,10?/m1/s1. The lowest BCUT2D eigenvalue weighted by Gasteiger charge is -2.14. The lowest BCUT2D eigenvalue weighted by Crippen LogP contribution is -2.17. The van der Waals surface area contributed by atoms with E-state index in [9.17, 15) is 0 Å². The summed E-state index contributed by atoms with van der Waals surface area (Å²) in [5, 5.41) is 0. The molecule has 2 nitrogen and oxygen atoms in total. The van der Waals surface area contributed by atoms with Gasteiger partial charge in [-0.15, -0.1) is 5.92 Å². The Morgan fingerprint density at radius 1 is 1.54 bits per heavy atom. The van der Waals surface area contributed by atoms with E-state index in [1.54, 1.807) is 0 Å². The molecule has 2 unspecified atom stereocenters. The average molecular weight is 179 g/mol. The second-order valence-electron chi connectivity index (χ2n) is 3.53. The molecule has 3 atom stereocenters. The smallest absolute Gasteiger partial charge is 0.0720 e. The number of nitrogens with two attached hydrogens (primary N) is 1. The number of rotatable bonds is 0. The summed E-state index contributed by atoms with van der Waals surface area (Å²) in [6, 6.07) is 0. The Morgan fingerprint density at radius 2 is 2.23 bits per heavy atom. The summed E-state index contributed by atoms with van der Waals surface area (Å²) in [6.07, 6.45) is 2.18. The lowest BCUT2D eigenvalue weighted by atomic mass is 10.0. The second-order valence-corrected chi connectivity index (χ2v) is 3.53. The van der Waals surface area contributed by atoms with Crippen LogP contribution < -0.4 is 5.73 Å². The largest absolute Gasteiger partial charge is 0.402 e. The Hall–Kier alpha value is -0.940. The van der Waals surface area contributed by atoms with Crippen molar-refractivity contribution in [1.29, 1.82) is 0 Å². The molecule has 0 fully saturated rings. The predicted molar refractivity (Wildman–Crippen MR) is 53.8 cm³/mol. The molecule has 13 heavy (non-hydrogen) atoms. The molecule has 0 spiro atoms. The Morgan fingerprint density at radius 3 is 2.85 bits per heavy atom. The average Bonchev–Trinajstić information content (AvgIpc) is 2.21. The van der Waals surface area contributed by atoms with Crippen molar-refractivity contribution in [2.45, 2.75) is 26.9 Å². The number of hydrogen-bond acceptors (Lipinski definition) is 2. The van der Waals surface area contributed by atoms with Crippen LogP contribution in [0.4, 0.5) is 0 Å². The maximum absolute atomic E-state index is 5.87. The summed E-state index contributed by atoms with van der Waals surface area (Å²) in [5.41, 5.74) is 6.77. The summed E-state index contributed by atoms with van der Waals surface area (Å²) in [7, 11) is 0. The van der Waals surface area contributed by atoms with Crippen LogP contribution in [0.25, 0.3) is 0 Å². The Balaban J connectivity index is 2.83. The first-order chi connectivity index (χ1) is 6.15. The van der Waals surface area contributed by atoms with Gasteiger partial charge in [0.2, 0.25) is 0 Å². The van der Waals surface area contributed by atoms with Crippen molar-refractivity contribution in [3.63, 3.8) is 0 Å². The first-order valence-corrected chi connectivity index (χ1v) is 4.66. The number of ether oxygens (including phenoxy) is 1. The van der Waals surface area contributed by atoms with Gasteiger partial charge >= 0.3 is 0 Å². The minimum Gasteiger partial charge on any atom is -0.402 e. The second kappa shape index (κ2) is 4.34. The van der Waals surface area contributed by atoms with E-state index in [1.165, 1.54) is 0 Å². The van der Waals surface area contributed by atoms with Gasteiger partial charge in [0.25, 0.3) is 0 Å². The van der Waals surface area contributed by atoms with Crippen LogP contribution in [0.3, 0.4) is 0 Å². The molecule has 0 aliphatic carbocycles. The van der Waals surface area contributed by atoms with Crippen LogP contribution >= 0.6 is 0 Å². The van der Waals surface area contributed by atoms with E-state index in [1.807, 2.05) is 19.9 Å². The minimum atomic E-state index is 0.148. The zero-order chi connectivity index (χ0) is 9.84. The van der Waals surface area contributed by atoms with E-state index >= 15 is 0 Å². The fourth-order valence-electron chi connectivity index (χ4n) is 1.33. The third kappa shape index (κ3) is 2.50. The van der Waals surface area contributed by atoms with E-state index < -0.39 is 0 Å². The summed E-state index contributed by atoms with van der Waals surface area (Å²) in [4.78, 5) is 0. The molecule has 2 heteroatoms. The van der Waals surface area contributed by atoms with Crippen LogP contribution in [-0.2, 0) is 4.74 Å². The highest BCUT2D eigenvalue weighted by molar-refractivity contribution is 5.17. The highest BCUT2D eigenvalue weighted by atomic mass is 16.5. The molecule has 1 rings (SSSR count). The van der Waals surface area contributed by atoms with Gasteiger partial charge in [-0.3, -0.25) is 0 Å². The van der Waals surface area contributed by atoms with Crippen LogP contribution in [0.15, 0.2) is 11.8 Å². The van der Waals surface area contributed by atoms with Crippen molar-refractivity contribution in [2.75, 3.05) is 6.61 Å². The summed E-state index contributed by atoms with van der Waals surface area (Å²) >= 11 is 0. The van der Waals surface area contributed by atoms with Crippen LogP contribution in [0, 0.1) is 23.7 Å². The summed E-state index contributed by atoms with van der Waals surface area (Å²) < 4.78 is 5.62. The van der Waals surface area contributed by atoms with Crippen molar-refractivity contribution in [3.8, 4) is 11.8 Å². The van der Waals surface area contributed by atoms with Crippen molar-refractivity contribution < 1.29 is 4.74 Å². The van der Waals surface area contributed by atoms with E-state index in [0.717, 1.165) is 5.70 Å². The third-order valence-corrected chi connectivity index (χ3v) is 2.37. The Kier molecular flexibility index (Phi) is 3.39. The summed E-state index contributed by atoms with van der Waals surface area (Å²) in [6.45, 7) is 6.65. The molecule has 0 saturated carbocycles. The van der Waals surface area contributed by atoms with Gasteiger partial charge in [0, 0.05) is 11.6 Å². The third-order valence-electron chi connectivity index (χ3n) is 2.37. The molecule has 1 aliphatic heterocycles. The summed E-state index contributed by atoms with van der Waals surface area (Å²) in [5.74, 6) is 6.45. The lowest BCUT2D eigenvalue weighted by molar-refractivity contribution is 0.0442. The van der Waals surface area contributed by atoms with Crippen LogP contribution in [0.1, 0.15) is 20.8 Å². The van der Waals surface area contributed by atoms with Crippen LogP contribution in [0.2, 0.25) is 0 Å². The number of hydrogen-bond donors (Lipinski definition) is 1. The van der Waals surface area contributed by atoms with E-state index in [-0.39, 0.29) is 12.0 Å². The Labute approximate surface area is 80.1 Å². The highest BCUT2D eigenvalue weighted by Crippen LogP contribution is 2.19. The van der Waals surface area contributed by atoms with Gasteiger partial charge < -0.3 is 10.5 Å². The predicted octanol–water partition coefficient (Wildman–Crippen LogP) is 1.52. The van der Waals surface area contributed by atoms with Gasteiger partial charge in [-0.05, 0) is 19.9 Å². The Bertz CT molecular complexity index is 259. The fourth-order valence-corrected chi connectivity index (χ4v) is 1.33. The molecule has 0 radical (unpaired) electrons. The van der Waals surface area contributed by atoms with Crippen molar-refractivity contribution in [3.05, 3.63) is 11.8 Å². The normalized spacial score (nSPS) is 34.1. The zero-order valence-electron chi connectivity index (χ0n) is 8.50. The zero-order valence-corrected chi connectivity index (χ0v) is 8.50. The minimum absolute atomic E-state index is 0.148. The molecule has 0 aromatic heterocycles. The van der Waals surface area contributed by atoms with Crippen LogP contribution in [0.5, 0.6) is 0 Å². The van der Waals surface area contributed by atoms with E-state index in [0.29, 0.717) is 12.5 Å².